The van der Waals surface area contributed by atoms with E-state index in [2.05, 4.69) is 16.0 Å². The van der Waals surface area contributed by atoms with Crippen LogP contribution in [0.4, 0.5) is 5.69 Å². The number of hydrogen-bond donors (Lipinski definition) is 3. The predicted molar refractivity (Wildman–Crippen MR) is 91.8 cm³/mol. The van der Waals surface area contributed by atoms with Gasteiger partial charge >= 0.3 is 0 Å². The maximum absolute atomic E-state index is 12.1. The van der Waals surface area contributed by atoms with Crippen molar-refractivity contribution in [2.75, 3.05) is 12.4 Å². The molecule has 124 valence electrons. The summed E-state index contributed by atoms with van der Waals surface area (Å²) < 4.78 is 0. The van der Waals surface area contributed by atoms with Crippen LogP contribution in [0.1, 0.15) is 27.6 Å². The number of benzene rings is 2. The van der Waals surface area contributed by atoms with Gasteiger partial charge in [-0.2, -0.15) is 0 Å². The molecule has 0 heterocycles. The summed E-state index contributed by atoms with van der Waals surface area (Å²) in [5, 5.41) is 7.86. The van der Waals surface area contributed by atoms with E-state index in [4.69, 9.17) is 0 Å². The van der Waals surface area contributed by atoms with E-state index in [1.54, 1.807) is 62.5 Å². The van der Waals surface area contributed by atoms with Crippen molar-refractivity contribution in [3.05, 3.63) is 65.7 Å². The molecule has 1 unspecified atom stereocenters. The Morgan fingerprint density at radius 3 is 2.00 bits per heavy atom. The van der Waals surface area contributed by atoms with Crippen LogP contribution in [-0.2, 0) is 4.79 Å². The monoisotopic (exact) mass is 325 g/mol. The molecule has 0 aromatic heterocycles. The topological polar surface area (TPSA) is 87.3 Å². The average molecular weight is 325 g/mol. The van der Waals surface area contributed by atoms with E-state index < -0.39 is 6.04 Å². The van der Waals surface area contributed by atoms with Gasteiger partial charge in [-0.1, -0.05) is 18.2 Å². The van der Waals surface area contributed by atoms with E-state index >= 15 is 0 Å². The van der Waals surface area contributed by atoms with Gasteiger partial charge in [0.25, 0.3) is 11.8 Å². The number of carbonyl (C=O) groups excluding carboxylic acids is 3. The van der Waals surface area contributed by atoms with Crippen LogP contribution < -0.4 is 16.0 Å². The Bertz CT molecular complexity index is 727. The van der Waals surface area contributed by atoms with E-state index in [0.717, 1.165) is 0 Å². The van der Waals surface area contributed by atoms with Crippen LogP contribution in [-0.4, -0.2) is 30.8 Å². The molecule has 0 aliphatic rings. The first-order valence-electron chi connectivity index (χ1n) is 7.50. The second-order valence-corrected chi connectivity index (χ2v) is 5.21. The molecule has 1 atom stereocenters. The number of hydrogen-bond acceptors (Lipinski definition) is 3. The Labute approximate surface area is 140 Å². The first-order chi connectivity index (χ1) is 11.5. The van der Waals surface area contributed by atoms with Crippen molar-refractivity contribution in [2.45, 2.75) is 13.0 Å². The van der Waals surface area contributed by atoms with Gasteiger partial charge in [0.15, 0.2) is 0 Å². The fraction of sp³-hybridized carbons (Fsp3) is 0.167. The van der Waals surface area contributed by atoms with Crippen molar-refractivity contribution in [3.63, 3.8) is 0 Å². The Kier molecular flexibility index (Phi) is 5.68. The summed E-state index contributed by atoms with van der Waals surface area (Å²) in [6.07, 6.45) is 0. The van der Waals surface area contributed by atoms with Gasteiger partial charge in [0, 0.05) is 23.9 Å². The van der Waals surface area contributed by atoms with E-state index in [9.17, 15) is 14.4 Å². The van der Waals surface area contributed by atoms with Gasteiger partial charge < -0.3 is 16.0 Å². The lowest BCUT2D eigenvalue weighted by atomic mass is 10.2. The SMILES string of the molecule is CNC(=O)c1ccc(NC(=O)C(C)NC(=O)c2ccccc2)cc1. The normalized spacial score (nSPS) is 11.2. The summed E-state index contributed by atoms with van der Waals surface area (Å²) in [7, 11) is 1.55. The molecule has 0 spiro atoms. The molecule has 0 aliphatic heterocycles. The predicted octanol–water partition coefficient (Wildman–Crippen LogP) is 1.80. The quantitative estimate of drug-likeness (QED) is 0.783. The molecule has 0 aliphatic carbocycles. The van der Waals surface area contributed by atoms with Crippen LogP contribution in [0, 0.1) is 0 Å². The molecule has 2 rings (SSSR count). The minimum Gasteiger partial charge on any atom is -0.355 e. The van der Waals surface area contributed by atoms with Crippen LogP contribution in [0.5, 0.6) is 0 Å². The summed E-state index contributed by atoms with van der Waals surface area (Å²) in [4.78, 5) is 35.6. The molecule has 0 radical (unpaired) electrons. The van der Waals surface area contributed by atoms with Crippen molar-refractivity contribution >= 4 is 23.4 Å². The molecule has 0 saturated heterocycles. The van der Waals surface area contributed by atoms with E-state index in [-0.39, 0.29) is 17.7 Å². The Morgan fingerprint density at radius 1 is 0.833 bits per heavy atom. The van der Waals surface area contributed by atoms with E-state index in [1.807, 2.05) is 6.07 Å². The number of rotatable bonds is 5. The zero-order chi connectivity index (χ0) is 17.5. The number of nitrogens with one attached hydrogen (secondary N) is 3. The summed E-state index contributed by atoms with van der Waals surface area (Å²) in [5.41, 5.74) is 1.54. The highest BCUT2D eigenvalue weighted by atomic mass is 16.2. The molecular weight excluding hydrogens is 306 g/mol. The third-order valence-electron chi connectivity index (χ3n) is 3.42. The molecule has 0 fully saturated rings. The lowest BCUT2D eigenvalue weighted by molar-refractivity contribution is -0.117. The minimum atomic E-state index is -0.698. The van der Waals surface area contributed by atoms with Crippen molar-refractivity contribution in [2.24, 2.45) is 0 Å². The van der Waals surface area contributed by atoms with Crippen LogP contribution in [0.15, 0.2) is 54.6 Å². The van der Waals surface area contributed by atoms with Crippen molar-refractivity contribution < 1.29 is 14.4 Å². The lowest BCUT2D eigenvalue weighted by Crippen LogP contribution is -2.41. The smallest absolute Gasteiger partial charge is 0.251 e. The third kappa shape index (κ3) is 4.42. The number of carbonyl (C=O) groups is 3. The van der Waals surface area contributed by atoms with Crippen molar-refractivity contribution in [1.82, 2.24) is 10.6 Å². The first kappa shape index (κ1) is 17.2. The highest BCUT2D eigenvalue weighted by Crippen LogP contribution is 2.10. The van der Waals surface area contributed by atoms with Crippen molar-refractivity contribution in [3.8, 4) is 0 Å². The van der Waals surface area contributed by atoms with Gasteiger partial charge in [0.2, 0.25) is 5.91 Å². The highest BCUT2D eigenvalue weighted by molar-refractivity contribution is 6.01. The summed E-state index contributed by atoms with van der Waals surface area (Å²) in [6.45, 7) is 1.61. The van der Waals surface area contributed by atoms with Gasteiger partial charge in [0.05, 0.1) is 0 Å². The zero-order valence-corrected chi connectivity index (χ0v) is 13.5. The number of anilines is 1. The fourth-order valence-electron chi connectivity index (χ4n) is 2.03. The molecule has 0 bridgehead atoms. The van der Waals surface area contributed by atoms with Crippen LogP contribution in [0.25, 0.3) is 0 Å². The highest BCUT2D eigenvalue weighted by Gasteiger charge is 2.16. The Hall–Kier alpha value is -3.15. The van der Waals surface area contributed by atoms with Gasteiger partial charge in [-0.25, -0.2) is 0 Å². The van der Waals surface area contributed by atoms with E-state index in [0.29, 0.717) is 16.8 Å². The standard InChI is InChI=1S/C18H19N3O3/c1-12(20-18(24)13-6-4-3-5-7-13)16(22)21-15-10-8-14(9-11-15)17(23)19-2/h3-12H,1-2H3,(H,19,23)(H,20,24)(H,21,22). The summed E-state index contributed by atoms with van der Waals surface area (Å²) in [6, 6.07) is 14.5. The van der Waals surface area contributed by atoms with Gasteiger partial charge in [-0.3, -0.25) is 14.4 Å². The van der Waals surface area contributed by atoms with Gasteiger partial charge in [0.1, 0.15) is 6.04 Å². The zero-order valence-electron chi connectivity index (χ0n) is 13.5. The maximum atomic E-state index is 12.1. The molecule has 24 heavy (non-hydrogen) atoms. The number of amides is 3. The fourth-order valence-corrected chi connectivity index (χ4v) is 2.03. The molecule has 6 nitrogen and oxygen atoms in total. The largest absolute Gasteiger partial charge is 0.355 e. The lowest BCUT2D eigenvalue weighted by Gasteiger charge is -2.14. The molecule has 3 N–H and O–H groups in total. The second-order valence-electron chi connectivity index (χ2n) is 5.21. The maximum Gasteiger partial charge on any atom is 0.251 e. The molecule has 2 aromatic rings. The molecule has 0 saturated carbocycles. The van der Waals surface area contributed by atoms with Gasteiger partial charge in [-0.15, -0.1) is 0 Å². The van der Waals surface area contributed by atoms with Crippen molar-refractivity contribution in [1.29, 1.82) is 0 Å². The summed E-state index contributed by atoms with van der Waals surface area (Å²) >= 11 is 0. The van der Waals surface area contributed by atoms with Crippen LogP contribution in [0.2, 0.25) is 0 Å². The second kappa shape index (κ2) is 7.92. The third-order valence-corrected chi connectivity index (χ3v) is 3.42. The molecular formula is C18H19N3O3. The Morgan fingerprint density at radius 2 is 1.42 bits per heavy atom. The average Bonchev–Trinajstić information content (AvgIpc) is 2.62. The minimum absolute atomic E-state index is 0.198. The molecule has 6 heteroatoms. The van der Waals surface area contributed by atoms with Crippen LogP contribution >= 0.6 is 0 Å². The van der Waals surface area contributed by atoms with E-state index in [1.165, 1.54) is 0 Å². The molecule has 2 aromatic carbocycles. The first-order valence-corrected chi connectivity index (χ1v) is 7.50. The van der Waals surface area contributed by atoms with Gasteiger partial charge in [-0.05, 0) is 43.3 Å². The Balaban J connectivity index is 1.94. The summed E-state index contributed by atoms with van der Waals surface area (Å²) in [5.74, 6) is -0.850. The molecule has 3 amide bonds. The van der Waals surface area contributed by atoms with Crippen LogP contribution in [0.3, 0.4) is 0 Å².